The second-order valence-corrected chi connectivity index (χ2v) is 5.00. The van der Waals surface area contributed by atoms with E-state index in [0.717, 1.165) is 5.69 Å². The molecule has 0 radical (unpaired) electrons. The summed E-state index contributed by atoms with van der Waals surface area (Å²) < 4.78 is 18.5. The van der Waals surface area contributed by atoms with Crippen molar-refractivity contribution in [1.29, 1.82) is 0 Å². The molecule has 7 heteroatoms. The van der Waals surface area contributed by atoms with Gasteiger partial charge in [0.2, 0.25) is 0 Å². The molecule has 2 aromatic rings. The molecule has 3 rings (SSSR count). The van der Waals surface area contributed by atoms with Gasteiger partial charge < -0.3 is 18.5 Å². The highest BCUT2D eigenvalue weighted by Gasteiger charge is 2.42. The molecule has 0 bridgehead atoms. The molecular weight excluding hydrogens is 270 g/mol. The summed E-state index contributed by atoms with van der Waals surface area (Å²) in [6.45, 7) is 1.06. The Morgan fingerprint density at radius 1 is 1.47 bits per heavy atom. The first kappa shape index (κ1) is 12.7. The number of rotatable bonds is 3. The Kier molecular flexibility index (Phi) is 3.08. The fourth-order valence-electron chi connectivity index (χ4n) is 2.21. The van der Waals surface area contributed by atoms with E-state index in [9.17, 15) is 0 Å². The van der Waals surface area contributed by atoms with E-state index in [1.165, 1.54) is 0 Å². The Bertz CT molecular complexity index is 587. The first-order chi connectivity index (χ1) is 9.14. The third kappa shape index (κ3) is 2.05. The number of aryl methyl sites for hydroxylation is 1. The van der Waals surface area contributed by atoms with Crippen LogP contribution in [0, 0.1) is 0 Å². The van der Waals surface area contributed by atoms with Gasteiger partial charge >= 0.3 is 0 Å². The smallest absolute Gasteiger partial charge is 0.264 e. The number of methoxy groups -OCH3 is 1. The van der Waals surface area contributed by atoms with Crippen LogP contribution in [0.25, 0.3) is 11.6 Å². The van der Waals surface area contributed by atoms with Crippen molar-refractivity contribution in [3.63, 3.8) is 0 Å². The van der Waals surface area contributed by atoms with Gasteiger partial charge in [0.25, 0.3) is 11.8 Å². The van der Waals surface area contributed by atoms with E-state index in [1.807, 2.05) is 11.6 Å². The lowest BCUT2D eigenvalue weighted by molar-refractivity contribution is -0.0407. The number of hydrogen-bond acceptors (Lipinski definition) is 5. The van der Waals surface area contributed by atoms with Crippen molar-refractivity contribution in [2.24, 2.45) is 7.05 Å². The quantitative estimate of drug-likeness (QED) is 0.862. The van der Waals surface area contributed by atoms with E-state index in [2.05, 4.69) is 10.2 Å². The van der Waals surface area contributed by atoms with Crippen LogP contribution in [0.1, 0.15) is 12.3 Å². The maximum atomic E-state index is 5.95. The molecule has 1 atom stereocenters. The Balaban J connectivity index is 1.97. The summed E-state index contributed by atoms with van der Waals surface area (Å²) in [5.74, 6) is 0.868. The molecule has 0 saturated carbocycles. The number of ether oxygens (including phenoxy) is 2. The third-order valence-electron chi connectivity index (χ3n) is 3.38. The van der Waals surface area contributed by atoms with E-state index in [4.69, 9.17) is 25.5 Å². The fourth-order valence-corrected chi connectivity index (χ4v) is 2.46. The normalized spacial score (nSPS) is 23.1. The van der Waals surface area contributed by atoms with Gasteiger partial charge in [0.05, 0.1) is 18.2 Å². The molecule has 0 N–H and O–H groups in total. The predicted octanol–water partition coefficient (Wildman–Crippen LogP) is 1.99. The Morgan fingerprint density at radius 2 is 2.32 bits per heavy atom. The molecule has 3 heterocycles. The molecule has 0 aliphatic carbocycles. The van der Waals surface area contributed by atoms with E-state index >= 15 is 0 Å². The molecule has 0 spiro atoms. The SMILES string of the molecule is COC1(c2nnc(-c3cc(Cl)cn3C)o2)CCOC1. The van der Waals surface area contributed by atoms with E-state index in [1.54, 1.807) is 19.4 Å². The lowest BCUT2D eigenvalue weighted by Crippen LogP contribution is -2.29. The third-order valence-corrected chi connectivity index (χ3v) is 3.59. The van der Waals surface area contributed by atoms with Crippen LogP contribution in [-0.4, -0.2) is 35.1 Å². The zero-order valence-corrected chi connectivity index (χ0v) is 11.5. The Hall–Kier alpha value is -1.37. The molecule has 19 heavy (non-hydrogen) atoms. The van der Waals surface area contributed by atoms with Crippen molar-refractivity contribution in [2.75, 3.05) is 20.3 Å². The first-order valence-electron chi connectivity index (χ1n) is 5.94. The minimum atomic E-state index is -0.625. The average molecular weight is 284 g/mol. The summed E-state index contributed by atoms with van der Waals surface area (Å²) >= 11 is 5.95. The predicted molar refractivity (Wildman–Crippen MR) is 67.8 cm³/mol. The number of halogens is 1. The van der Waals surface area contributed by atoms with Gasteiger partial charge in [-0.2, -0.15) is 0 Å². The van der Waals surface area contributed by atoms with Gasteiger partial charge in [0.15, 0.2) is 5.60 Å². The molecule has 1 saturated heterocycles. The van der Waals surface area contributed by atoms with Gasteiger partial charge in [0.1, 0.15) is 5.69 Å². The second kappa shape index (κ2) is 4.63. The van der Waals surface area contributed by atoms with Crippen LogP contribution in [-0.2, 0) is 22.1 Å². The van der Waals surface area contributed by atoms with E-state index in [-0.39, 0.29) is 0 Å². The van der Waals surface area contributed by atoms with Crippen LogP contribution in [0.5, 0.6) is 0 Å². The van der Waals surface area contributed by atoms with Gasteiger partial charge in [-0.1, -0.05) is 11.6 Å². The second-order valence-electron chi connectivity index (χ2n) is 4.57. The molecule has 1 unspecified atom stereocenters. The van der Waals surface area contributed by atoms with E-state index < -0.39 is 5.60 Å². The van der Waals surface area contributed by atoms with Gasteiger partial charge in [-0.05, 0) is 6.07 Å². The highest BCUT2D eigenvalue weighted by atomic mass is 35.5. The van der Waals surface area contributed by atoms with Crippen molar-refractivity contribution >= 4 is 11.6 Å². The molecule has 1 aliphatic rings. The van der Waals surface area contributed by atoms with Gasteiger partial charge in [-0.3, -0.25) is 0 Å². The molecular formula is C12H14ClN3O3. The largest absolute Gasteiger partial charge is 0.416 e. The van der Waals surface area contributed by atoms with Crippen LogP contribution in [0.2, 0.25) is 5.02 Å². The number of hydrogen-bond donors (Lipinski definition) is 0. The average Bonchev–Trinajstić information content (AvgIpc) is 3.08. The van der Waals surface area contributed by atoms with Crippen LogP contribution in [0.15, 0.2) is 16.7 Å². The van der Waals surface area contributed by atoms with Gasteiger partial charge in [-0.15, -0.1) is 10.2 Å². The zero-order chi connectivity index (χ0) is 13.5. The summed E-state index contributed by atoms with van der Waals surface area (Å²) in [5, 5.41) is 8.78. The summed E-state index contributed by atoms with van der Waals surface area (Å²) in [4.78, 5) is 0. The number of aromatic nitrogens is 3. The molecule has 0 aromatic carbocycles. The Labute approximate surface area is 115 Å². The monoisotopic (exact) mass is 283 g/mol. The molecule has 1 aliphatic heterocycles. The van der Waals surface area contributed by atoms with E-state index in [0.29, 0.717) is 36.4 Å². The van der Waals surface area contributed by atoms with Gasteiger partial charge in [0, 0.05) is 26.8 Å². The number of nitrogens with zero attached hydrogens (tertiary/aromatic N) is 3. The summed E-state index contributed by atoms with van der Waals surface area (Å²) in [5.41, 5.74) is 0.147. The van der Waals surface area contributed by atoms with Crippen molar-refractivity contribution in [1.82, 2.24) is 14.8 Å². The molecule has 6 nitrogen and oxygen atoms in total. The molecule has 102 valence electrons. The highest BCUT2D eigenvalue weighted by molar-refractivity contribution is 6.30. The standard InChI is InChI=1S/C12H14ClN3O3/c1-16-6-8(13)5-9(16)10-14-15-11(19-10)12(17-2)3-4-18-7-12/h5-6H,3-4,7H2,1-2H3. The van der Waals surface area contributed by atoms with Crippen LogP contribution in [0.3, 0.4) is 0 Å². The summed E-state index contributed by atoms with van der Waals surface area (Å²) in [7, 11) is 3.49. The molecule has 2 aromatic heterocycles. The lowest BCUT2D eigenvalue weighted by Gasteiger charge is -2.20. The Morgan fingerprint density at radius 3 is 2.89 bits per heavy atom. The van der Waals surface area contributed by atoms with Crippen molar-refractivity contribution in [3.05, 3.63) is 23.2 Å². The fraction of sp³-hybridized carbons (Fsp3) is 0.500. The van der Waals surface area contributed by atoms with Crippen LogP contribution in [0.4, 0.5) is 0 Å². The van der Waals surface area contributed by atoms with Crippen molar-refractivity contribution in [3.8, 4) is 11.6 Å². The highest BCUT2D eigenvalue weighted by Crippen LogP contribution is 2.34. The topological polar surface area (TPSA) is 62.3 Å². The van der Waals surface area contributed by atoms with Crippen LogP contribution < -0.4 is 0 Å². The van der Waals surface area contributed by atoms with Crippen molar-refractivity contribution in [2.45, 2.75) is 12.0 Å². The maximum absolute atomic E-state index is 5.95. The molecule has 1 fully saturated rings. The first-order valence-corrected chi connectivity index (χ1v) is 6.31. The lowest BCUT2D eigenvalue weighted by atomic mass is 10.0. The summed E-state index contributed by atoms with van der Waals surface area (Å²) in [6.07, 6.45) is 2.49. The summed E-state index contributed by atoms with van der Waals surface area (Å²) in [6, 6.07) is 1.78. The van der Waals surface area contributed by atoms with Crippen molar-refractivity contribution < 1.29 is 13.9 Å². The van der Waals surface area contributed by atoms with Crippen LogP contribution >= 0.6 is 11.6 Å². The minimum absolute atomic E-state index is 0.424. The minimum Gasteiger partial charge on any atom is -0.416 e. The molecule has 0 amide bonds. The zero-order valence-electron chi connectivity index (χ0n) is 10.7. The maximum Gasteiger partial charge on any atom is 0.264 e. The van der Waals surface area contributed by atoms with Gasteiger partial charge in [-0.25, -0.2) is 0 Å².